The number of benzene rings is 1. The first-order valence-corrected chi connectivity index (χ1v) is 6.71. The van der Waals surface area contributed by atoms with Gasteiger partial charge in [-0.15, -0.1) is 0 Å². The van der Waals surface area contributed by atoms with Gasteiger partial charge in [-0.2, -0.15) is 0 Å². The predicted molar refractivity (Wildman–Crippen MR) is 73.7 cm³/mol. The number of carbonyl (C=O) groups excluding carboxylic acids is 1. The summed E-state index contributed by atoms with van der Waals surface area (Å²) >= 11 is 0. The lowest BCUT2D eigenvalue weighted by atomic mass is 10.2. The fraction of sp³-hybridized carbons (Fsp3) is 0.500. The molecule has 0 aliphatic carbocycles. The molecule has 0 aromatic heterocycles. The van der Waals surface area contributed by atoms with Crippen LogP contribution in [0.25, 0.3) is 0 Å². The van der Waals surface area contributed by atoms with Crippen LogP contribution in [0.5, 0.6) is 0 Å². The third kappa shape index (κ3) is 4.54. The third-order valence-corrected chi connectivity index (χ3v) is 3.15. The number of carbonyl (C=O) groups is 1. The van der Waals surface area contributed by atoms with Crippen LogP contribution in [0, 0.1) is 0 Å². The van der Waals surface area contributed by atoms with E-state index in [1.165, 1.54) is 5.56 Å². The third-order valence-electron chi connectivity index (χ3n) is 3.15. The molecule has 104 valence electrons. The highest BCUT2D eigenvalue weighted by molar-refractivity contribution is 5.74. The van der Waals surface area contributed by atoms with E-state index in [0.717, 1.165) is 26.1 Å². The van der Waals surface area contributed by atoms with Gasteiger partial charge in [0.2, 0.25) is 0 Å². The quantitative estimate of drug-likeness (QED) is 0.702. The van der Waals surface area contributed by atoms with Gasteiger partial charge in [-0.25, -0.2) is 4.79 Å². The van der Waals surface area contributed by atoms with Crippen LogP contribution >= 0.6 is 0 Å². The van der Waals surface area contributed by atoms with Gasteiger partial charge in [0.1, 0.15) is 0 Å². The summed E-state index contributed by atoms with van der Waals surface area (Å²) in [6.45, 7) is 3.05. The summed E-state index contributed by atoms with van der Waals surface area (Å²) < 4.78 is 0. The fourth-order valence-electron chi connectivity index (χ4n) is 2.15. The molecular weight excluding hydrogens is 242 g/mol. The summed E-state index contributed by atoms with van der Waals surface area (Å²) in [5.41, 5.74) is 1.19. The van der Waals surface area contributed by atoms with Gasteiger partial charge in [-0.05, 0) is 12.0 Å². The maximum atomic E-state index is 11.5. The SMILES string of the molecule is O=C1NCCCN1CC(O)CNCc1ccccc1. The zero-order valence-corrected chi connectivity index (χ0v) is 11.0. The molecule has 1 aliphatic rings. The van der Waals surface area contributed by atoms with E-state index in [-0.39, 0.29) is 6.03 Å². The van der Waals surface area contributed by atoms with E-state index in [4.69, 9.17) is 0 Å². The Labute approximate surface area is 113 Å². The molecule has 1 aromatic carbocycles. The normalized spacial score (nSPS) is 17.1. The molecule has 1 atom stereocenters. The maximum absolute atomic E-state index is 11.5. The Hall–Kier alpha value is -1.59. The molecule has 19 heavy (non-hydrogen) atoms. The highest BCUT2D eigenvalue weighted by Gasteiger charge is 2.19. The van der Waals surface area contributed by atoms with Crippen molar-refractivity contribution >= 4 is 6.03 Å². The molecule has 0 spiro atoms. The molecule has 2 amide bonds. The molecule has 1 saturated heterocycles. The van der Waals surface area contributed by atoms with Crippen molar-refractivity contribution < 1.29 is 9.90 Å². The monoisotopic (exact) mass is 263 g/mol. The maximum Gasteiger partial charge on any atom is 0.317 e. The van der Waals surface area contributed by atoms with Gasteiger partial charge < -0.3 is 20.6 Å². The van der Waals surface area contributed by atoms with Crippen LogP contribution in [0.2, 0.25) is 0 Å². The zero-order chi connectivity index (χ0) is 13.5. The molecule has 1 heterocycles. The van der Waals surface area contributed by atoms with E-state index in [2.05, 4.69) is 10.6 Å². The summed E-state index contributed by atoms with van der Waals surface area (Å²) in [5.74, 6) is 0. The topological polar surface area (TPSA) is 64.6 Å². The Kier molecular flexibility index (Phi) is 5.18. The Morgan fingerprint density at radius 3 is 2.89 bits per heavy atom. The summed E-state index contributed by atoms with van der Waals surface area (Å²) in [6, 6.07) is 9.97. The predicted octanol–water partition coefficient (Wildman–Crippen LogP) is 0.552. The van der Waals surface area contributed by atoms with E-state index in [1.807, 2.05) is 30.3 Å². The number of rotatable bonds is 6. The van der Waals surface area contributed by atoms with Crippen LogP contribution in [-0.4, -0.2) is 48.3 Å². The van der Waals surface area contributed by atoms with Gasteiger partial charge in [-0.3, -0.25) is 0 Å². The van der Waals surface area contributed by atoms with Gasteiger partial charge in [0.15, 0.2) is 0 Å². The number of amides is 2. The van der Waals surface area contributed by atoms with E-state index in [9.17, 15) is 9.90 Å². The molecule has 2 rings (SSSR count). The van der Waals surface area contributed by atoms with Crippen LogP contribution in [-0.2, 0) is 6.54 Å². The number of urea groups is 1. The lowest BCUT2D eigenvalue weighted by Gasteiger charge is -2.29. The van der Waals surface area contributed by atoms with Crippen molar-refractivity contribution in [3.8, 4) is 0 Å². The Balaban J connectivity index is 1.67. The average Bonchev–Trinajstić information content (AvgIpc) is 2.43. The number of nitrogens with one attached hydrogen (secondary N) is 2. The molecule has 1 aliphatic heterocycles. The lowest BCUT2D eigenvalue weighted by molar-refractivity contribution is 0.112. The number of hydrogen-bond donors (Lipinski definition) is 3. The van der Waals surface area contributed by atoms with Gasteiger partial charge >= 0.3 is 6.03 Å². The standard InChI is InChI=1S/C14H21N3O2/c18-13(11-17-8-4-7-16-14(17)19)10-15-9-12-5-2-1-3-6-12/h1-3,5-6,13,15,18H,4,7-11H2,(H,16,19). The molecule has 1 aromatic rings. The minimum Gasteiger partial charge on any atom is -0.390 e. The summed E-state index contributed by atoms with van der Waals surface area (Å²) in [7, 11) is 0. The van der Waals surface area contributed by atoms with Crippen molar-refractivity contribution in [3.63, 3.8) is 0 Å². The van der Waals surface area contributed by atoms with Crippen molar-refractivity contribution in [2.75, 3.05) is 26.2 Å². The molecule has 5 nitrogen and oxygen atoms in total. The van der Waals surface area contributed by atoms with Crippen molar-refractivity contribution in [1.82, 2.24) is 15.5 Å². The van der Waals surface area contributed by atoms with Crippen LogP contribution in [0.15, 0.2) is 30.3 Å². The first-order chi connectivity index (χ1) is 9.25. The second kappa shape index (κ2) is 7.11. The summed E-state index contributed by atoms with van der Waals surface area (Å²) in [4.78, 5) is 13.2. The smallest absolute Gasteiger partial charge is 0.317 e. The van der Waals surface area contributed by atoms with Crippen LogP contribution in [0.1, 0.15) is 12.0 Å². The highest BCUT2D eigenvalue weighted by Crippen LogP contribution is 2.01. The van der Waals surface area contributed by atoms with Crippen molar-refractivity contribution in [1.29, 1.82) is 0 Å². The molecule has 0 radical (unpaired) electrons. The fourth-order valence-corrected chi connectivity index (χ4v) is 2.15. The highest BCUT2D eigenvalue weighted by atomic mass is 16.3. The molecule has 1 fully saturated rings. The first-order valence-electron chi connectivity index (χ1n) is 6.71. The molecule has 5 heteroatoms. The van der Waals surface area contributed by atoms with Crippen molar-refractivity contribution in [2.45, 2.75) is 19.1 Å². The largest absolute Gasteiger partial charge is 0.390 e. The number of β-amino-alcohol motifs (C(OH)–C–C–N with tert-alkyl or cyclic N) is 1. The van der Waals surface area contributed by atoms with Crippen molar-refractivity contribution in [2.24, 2.45) is 0 Å². The van der Waals surface area contributed by atoms with Crippen LogP contribution in [0.4, 0.5) is 4.79 Å². The van der Waals surface area contributed by atoms with Crippen LogP contribution < -0.4 is 10.6 Å². The molecule has 0 bridgehead atoms. The van der Waals surface area contributed by atoms with E-state index in [1.54, 1.807) is 4.90 Å². The second-order valence-electron chi connectivity index (χ2n) is 4.80. The average molecular weight is 263 g/mol. The number of hydrogen-bond acceptors (Lipinski definition) is 3. The van der Waals surface area contributed by atoms with Crippen molar-refractivity contribution in [3.05, 3.63) is 35.9 Å². The lowest BCUT2D eigenvalue weighted by Crippen LogP contribution is -2.50. The zero-order valence-electron chi connectivity index (χ0n) is 11.0. The van der Waals surface area contributed by atoms with E-state index < -0.39 is 6.10 Å². The van der Waals surface area contributed by atoms with Gasteiger partial charge in [-0.1, -0.05) is 30.3 Å². The summed E-state index contributed by atoms with van der Waals surface area (Å²) in [6.07, 6.45) is 0.406. The van der Waals surface area contributed by atoms with E-state index in [0.29, 0.717) is 13.1 Å². The van der Waals surface area contributed by atoms with Gasteiger partial charge in [0.25, 0.3) is 0 Å². The van der Waals surface area contributed by atoms with E-state index >= 15 is 0 Å². The Morgan fingerprint density at radius 1 is 1.37 bits per heavy atom. The first kappa shape index (κ1) is 13.8. The second-order valence-corrected chi connectivity index (χ2v) is 4.80. The number of nitrogens with zero attached hydrogens (tertiary/aromatic N) is 1. The van der Waals surface area contributed by atoms with Gasteiger partial charge in [0.05, 0.1) is 6.10 Å². The number of aliphatic hydroxyl groups is 1. The van der Waals surface area contributed by atoms with Crippen LogP contribution in [0.3, 0.4) is 0 Å². The Bertz CT molecular complexity index is 397. The summed E-state index contributed by atoms with van der Waals surface area (Å²) in [5, 5.41) is 15.9. The molecule has 3 N–H and O–H groups in total. The Morgan fingerprint density at radius 2 is 2.16 bits per heavy atom. The molecule has 0 saturated carbocycles. The minimum absolute atomic E-state index is 0.0756. The molecule has 1 unspecified atom stereocenters. The molecular formula is C14H21N3O2. The number of aliphatic hydroxyl groups excluding tert-OH is 1. The van der Waals surface area contributed by atoms with Gasteiger partial charge in [0, 0.05) is 32.7 Å². The minimum atomic E-state index is -0.535.